The second-order valence-corrected chi connectivity index (χ2v) is 8.28. The minimum atomic E-state index is -1.03. The zero-order valence-corrected chi connectivity index (χ0v) is 17.4. The van der Waals surface area contributed by atoms with Gasteiger partial charge in [-0.15, -0.1) is 0 Å². The molecule has 0 saturated carbocycles. The number of nitrogens with one attached hydrogen (secondary N) is 1. The average Bonchev–Trinajstić information content (AvgIpc) is 3.07. The fraction of sp³-hybridized carbons (Fsp3) is 0.240. The molecule has 1 aliphatic heterocycles. The van der Waals surface area contributed by atoms with Crippen LogP contribution in [0.25, 0.3) is 16.6 Å². The van der Waals surface area contributed by atoms with Crippen LogP contribution in [0.4, 0.5) is 15.8 Å². The Hall–Kier alpha value is -3.38. The predicted molar refractivity (Wildman–Crippen MR) is 124 cm³/mol. The summed E-state index contributed by atoms with van der Waals surface area (Å²) >= 11 is 0. The Balaban J connectivity index is 1.43. The van der Waals surface area contributed by atoms with Crippen LogP contribution in [0.2, 0.25) is 0 Å². The van der Waals surface area contributed by atoms with Crippen molar-refractivity contribution in [2.75, 3.05) is 29.9 Å². The Morgan fingerprint density at radius 3 is 3.00 bits per heavy atom. The third-order valence-corrected chi connectivity index (χ3v) is 5.93. The summed E-state index contributed by atoms with van der Waals surface area (Å²) < 4.78 is 15.4. The summed E-state index contributed by atoms with van der Waals surface area (Å²) in [5.74, 6) is -0.171. The first-order chi connectivity index (χ1) is 15.0. The monoisotopic (exact) mass is 416 g/mol. The van der Waals surface area contributed by atoms with E-state index in [0.717, 1.165) is 46.6 Å². The van der Waals surface area contributed by atoms with E-state index in [2.05, 4.69) is 27.4 Å². The van der Waals surface area contributed by atoms with Crippen LogP contribution in [-0.4, -0.2) is 34.5 Å². The maximum Gasteiger partial charge on any atom is 0.104 e. The summed E-state index contributed by atoms with van der Waals surface area (Å²) in [7, 11) is 0. The Kier molecular flexibility index (Phi) is 4.87. The second kappa shape index (κ2) is 7.71. The van der Waals surface area contributed by atoms with Crippen molar-refractivity contribution in [2.24, 2.45) is 0 Å². The van der Waals surface area contributed by atoms with Gasteiger partial charge < -0.3 is 15.3 Å². The number of aliphatic hydroxyl groups is 1. The first-order valence-corrected chi connectivity index (χ1v) is 10.5. The quantitative estimate of drug-likeness (QED) is 0.640. The Morgan fingerprint density at radius 2 is 2.10 bits per heavy atom. The van der Waals surface area contributed by atoms with Crippen LogP contribution in [-0.2, 0) is 5.60 Å². The molecule has 0 amide bonds. The molecule has 0 fully saturated rings. The van der Waals surface area contributed by atoms with Gasteiger partial charge in [0.1, 0.15) is 11.4 Å². The Labute approximate surface area is 180 Å². The molecule has 6 heteroatoms. The smallest absolute Gasteiger partial charge is 0.104 e. The lowest BCUT2D eigenvalue weighted by atomic mass is 9.93. The zero-order valence-electron chi connectivity index (χ0n) is 17.4. The van der Waals surface area contributed by atoms with Crippen LogP contribution >= 0.6 is 0 Å². The highest BCUT2D eigenvalue weighted by Gasteiger charge is 2.29. The molecule has 0 radical (unpaired) electrons. The van der Waals surface area contributed by atoms with E-state index in [4.69, 9.17) is 0 Å². The van der Waals surface area contributed by atoms with E-state index < -0.39 is 5.60 Å². The highest BCUT2D eigenvalue weighted by Crippen LogP contribution is 2.33. The van der Waals surface area contributed by atoms with E-state index >= 15 is 0 Å². The third-order valence-electron chi connectivity index (χ3n) is 5.93. The van der Waals surface area contributed by atoms with E-state index in [-0.39, 0.29) is 12.2 Å². The molecule has 2 N–H and O–H groups in total. The molecule has 2 aromatic carbocycles. The largest absolute Gasteiger partial charge is 0.384 e. The number of anilines is 2. The lowest BCUT2D eigenvalue weighted by molar-refractivity contribution is 0.0646. The number of fused-ring (bicyclic) bond motifs is 2. The number of halogens is 1. The molecule has 5 rings (SSSR count). The van der Waals surface area contributed by atoms with E-state index in [1.165, 1.54) is 6.08 Å². The lowest BCUT2D eigenvalue weighted by Crippen LogP contribution is -2.43. The maximum atomic E-state index is 13.5. The number of rotatable bonds is 4. The molecule has 31 heavy (non-hydrogen) atoms. The van der Waals surface area contributed by atoms with E-state index in [0.29, 0.717) is 6.54 Å². The van der Waals surface area contributed by atoms with Crippen LogP contribution in [0.15, 0.2) is 78.8 Å². The first kappa shape index (κ1) is 19.6. The molecule has 1 atom stereocenters. The topological polar surface area (TPSA) is 53.3 Å². The molecule has 0 spiro atoms. The van der Waals surface area contributed by atoms with Gasteiger partial charge in [0.25, 0.3) is 0 Å². The molecule has 1 unspecified atom stereocenters. The van der Waals surface area contributed by atoms with Gasteiger partial charge in [-0.25, -0.2) is 9.07 Å². The van der Waals surface area contributed by atoms with Crippen molar-refractivity contribution < 1.29 is 9.50 Å². The van der Waals surface area contributed by atoms with Crippen molar-refractivity contribution in [3.8, 4) is 0 Å². The lowest BCUT2D eigenvalue weighted by Gasteiger charge is -2.37. The SMILES string of the molecule is CC(O)(CN1CCNc2ccccc21)c1ccc2c(cnn2C2=CCC(F)=CC=C2)c1. The summed E-state index contributed by atoms with van der Waals surface area (Å²) in [6.07, 6.45) is 8.89. The molecule has 2 aliphatic rings. The van der Waals surface area contributed by atoms with Gasteiger partial charge in [0.15, 0.2) is 0 Å². The summed E-state index contributed by atoms with van der Waals surface area (Å²) in [6.45, 7) is 4.02. The number of aromatic nitrogens is 2. The van der Waals surface area contributed by atoms with E-state index in [1.807, 2.05) is 54.1 Å². The summed E-state index contributed by atoms with van der Waals surface area (Å²) in [5.41, 5.74) is 3.76. The fourth-order valence-corrected chi connectivity index (χ4v) is 4.29. The maximum absolute atomic E-state index is 13.5. The highest BCUT2D eigenvalue weighted by molar-refractivity contribution is 5.84. The van der Waals surface area contributed by atoms with Crippen LogP contribution in [0.3, 0.4) is 0 Å². The van der Waals surface area contributed by atoms with Gasteiger partial charge in [-0.05, 0) is 48.9 Å². The summed E-state index contributed by atoms with van der Waals surface area (Å²) in [6, 6.07) is 14.1. The van der Waals surface area contributed by atoms with Gasteiger partial charge in [0.05, 0.1) is 35.3 Å². The van der Waals surface area contributed by atoms with Crippen molar-refractivity contribution in [1.82, 2.24) is 9.78 Å². The molecule has 3 aromatic rings. The van der Waals surface area contributed by atoms with Gasteiger partial charge in [0.2, 0.25) is 0 Å². The number of para-hydroxylation sites is 2. The number of allylic oxidation sites excluding steroid dienone is 6. The first-order valence-electron chi connectivity index (χ1n) is 10.5. The van der Waals surface area contributed by atoms with Crippen LogP contribution in [0, 0.1) is 0 Å². The minimum Gasteiger partial charge on any atom is -0.384 e. The number of benzene rings is 2. The van der Waals surface area contributed by atoms with Crippen molar-refractivity contribution in [3.63, 3.8) is 0 Å². The number of hydrogen-bond acceptors (Lipinski definition) is 4. The molecule has 2 heterocycles. The van der Waals surface area contributed by atoms with Gasteiger partial charge >= 0.3 is 0 Å². The van der Waals surface area contributed by atoms with Crippen LogP contribution in [0.1, 0.15) is 18.9 Å². The average molecular weight is 417 g/mol. The van der Waals surface area contributed by atoms with Crippen molar-refractivity contribution >= 4 is 28.0 Å². The standard InChI is InChI=1S/C25H25FN4O/c1-25(31,17-29-14-13-27-22-7-2-3-8-24(22)29)19-9-12-23-18(15-19)16-28-30(23)21-6-4-5-20(26)10-11-21/h2-9,11-12,15-16,27,31H,10,13-14,17H2,1H3. The highest BCUT2D eigenvalue weighted by atomic mass is 19.1. The second-order valence-electron chi connectivity index (χ2n) is 8.28. The molecule has 1 aromatic heterocycles. The van der Waals surface area contributed by atoms with Crippen molar-refractivity contribution in [2.45, 2.75) is 18.9 Å². The summed E-state index contributed by atoms with van der Waals surface area (Å²) in [5, 5.41) is 20.2. The molecular weight excluding hydrogens is 391 g/mol. The Morgan fingerprint density at radius 1 is 1.23 bits per heavy atom. The molecule has 0 bridgehead atoms. The molecular formula is C25H25FN4O. The van der Waals surface area contributed by atoms with E-state index in [1.54, 1.807) is 12.3 Å². The van der Waals surface area contributed by atoms with Gasteiger partial charge in [-0.2, -0.15) is 5.10 Å². The van der Waals surface area contributed by atoms with Gasteiger partial charge in [-0.3, -0.25) is 0 Å². The van der Waals surface area contributed by atoms with Crippen molar-refractivity contribution in [1.29, 1.82) is 0 Å². The fourth-order valence-electron chi connectivity index (χ4n) is 4.29. The third kappa shape index (κ3) is 3.75. The van der Waals surface area contributed by atoms with Gasteiger partial charge in [0, 0.05) is 24.9 Å². The van der Waals surface area contributed by atoms with Crippen molar-refractivity contribution in [3.05, 3.63) is 84.4 Å². The number of β-amino-alcohol motifs (C(OH)–C–C–N with tert-alkyl or cyclic N) is 1. The van der Waals surface area contributed by atoms with Crippen LogP contribution < -0.4 is 10.2 Å². The molecule has 5 nitrogen and oxygen atoms in total. The normalized spacial score (nSPS) is 18.0. The molecule has 158 valence electrons. The molecule has 0 saturated heterocycles. The summed E-state index contributed by atoms with van der Waals surface area (Å²) in [4.78, 5) is 2.22. The Bertz CT molecular complexity index is 1220. The number of hydrogen-bond donors (Lipinski definition) is 2. The molecule has 1 aliphatic carbocycles. The van der Waals surface area contributed by atoms with E-state index in [9.17, 15) is 9.50 Å². The number of nitrogens with zero attached hydrogens (tertiary/aromatic N) is 3. The van der Waals surface area contributed by atoms with Gasteiger partial charge in [-0.1, -0.05) is 30.4 Å². The minimum absolute atomic E-state index is 0.171. The zero-order chi connectivity index (χ0) is 21.4. The predicted octanol–water partition coefficient (Wildman–Crippen LogP) is 4.83. The van der Waals surface area contributed by atoms with Crippen LogP contribution in [0.5, 0.6) is 0 Å².